The molecule has 2 N–H and O–H groups in total. The van der Waals surface area contributed by atoms with Crippen molar-refractivity contribution in [1.29, 1.82) is 0 Å². The maximum absolute atomic E-state index is 9.82. The quantitative estimate of drug-likeness (QED) is 0.751. The van der Waals surface area contributed by atoms with Gasteiger partial charge >= 0.3 is 0 Å². The molecule has 0 fully saturated rings. The highest BCUT2D eigenvalue weighted by Gasteiger charge is 2.18. The normalized spacial score (nSPS) is 10.8. The first-order valence-corrected chi connectivity index (χ1v) is 6.35. The fourth-order valence-electron chi connectivity index (χ4n) is 2.15. The van der Waals surface area contributed by atoms with E-state index in [0.29, 0.717) is 5.82 Å². The summed E-state index contributed by atoms with van der Waals surface area (Å²) in [4.78, 5) is 8.52. The predicted molar refractivity (Wildman–Crippen MR) is 75.8 cm³/mol. The van der Waals surface area contributed by atoms with E-state index in [-0.39, 0.29) is 23.0 Å². The molecule has 2 heterocycles. The lowest BCUT2D eigenvalue weighted by Crippen LogP contribution is -1.89. The number of aryl methyl sites for hydroxylation is 2. The van der Waals surface area contributed by atoms with Gasteiger partial charge < -0.3 is 14.7 Å². The molecule has 0 aliphatic heterocycles. The molecule has 0 saturated carbocycles. The van der Waals surface area contributed by atoms with Gasteiger partial charge in [-0.3, -0.25) is 4.98 Å². The molecule has 0 radical (unpaired) electrons. The second kappa shape index (κ2) is 4.90. The Morgan fingerprint density at radius 1 is 0.952 bits per heavy atom. The van der Waals surface area contributed by atoms with E-state index in [1.807, 2.05) is 26.0 Å². The van der Waals surface area contributed by atoms with Crippen LogP contribution in [0.25, 0.3) is 22.8 Å². The molecule has 0 amide bonds. The SMILES string of the molecule is Cc1cc(-c2noc(-c3c(O)cccc3O)n2)cc(C)n1. The van der Waals surface area contributed by atoms with Gasteiger partial charge in [-0.15, -0.1) is 0 Å². The van der Waals surface area contributed by atoms with Crippen molar-refractivity contribution in [3.63, 3.8) is 0 Å². The van der Waals surface area contributed by atoms with Crippen molar-refractivity contribution in [2.75, 3.05) is 0 Å². The van der Waals surface area contributed by atoms with Crippen molar-refractivity contribution in [2.24, 2.45) is 0 Å². The summed E-state index contributed by atoms with van der Waals surface area (Å²) >= 11 is 0. The number of rotatable bonds is 2. The average molecular weight is 283 g/mol. The molecule has 3 rings (SSSR count). The van der Waals surface area contributed by atoms with Gasteiger partial charge in [0.2, 0.25) is 5.82 Å². The number of pyridine rings is 1. The maximum Gasteiger partial charge on any atom is 0.265 e. The Kier molecular flexibility index (Phi) is 3.06. The molecule has 6 nitrogen and oxygen atoms in total. The zero-order valence-electron chi connectivity index (χ0n) is 11.5. The third kappa shape index (κ3) is 2.43. The smallest absolute Gasteiger partial charge is 0.265 e. The second-order valence-corrected chi connectivity index (χ2v) is 4.73. The molecule has 21 heavy (non-hydrogen) atoms. The van der Waals surface area contributed by atoms with Crippen LogP contribution < -0.4 is 0 Å². The molecular weight excluding hydrogens is 270 g/mol. The summed E-state index contributed by atoms with van der Waals surface area (Å²) < 4.78 is 5.14. The largest absolute Gasteiger partial charge is 0.507 e. The summed E-state index contributed by atoms with van der Waals surface area (Å²) in [6, 6.07) is 8.10. The van der Waals surface area contributed by atoms with E-state index >= 15 is 0 Å². The minimum absolute atomic E-state index is 0.0627. The topological polar surface area (TPSA) is 92.3 Å². The van der Waals surface area contributed by atoms with Crippen LogP contribution in [0.15, 0.2) is 34.9 Å². The molecule has 106 valence electrons. The lowest BCUT2D eigenvalue weighted by molar-refractivity contribution is 0.416. The lowest BCUT2D eigenvalue weighted by atomic mass is 10.1. The molecular formula is C15H13N3O3. The van der Waals surface area contributed by atoms with Crippen molar-refractivity contribution in [2.45, 2.75) is 13.8 Å². The number of phenolic OH excluding ortho intramolecular Hbond substituents is 2. The van der Waals surface area contributed by atoms with Crippen LogP contribution in [0, 0.1) is 13.8 Å². The zero-order valence-corrected chi connectivity index (χ0v) is 11.5. The van der Waals surface area contributed by atoms with E-state index in [9.17, 15) is 10.2 Å². The molecule has 0 aliphatic rings. The number of aromatic nitrogens is 3. The fourth-order valence-corrected chi connectivity index (χ4v) is 2.15. The Bertz CT molecular complexity index is 771. The monoisotopic (exact) mass is 283 g/mol. The number of aromatic hydroxyl groups is 2. The Morgan fingerprint density at radius 3 is 2.19 bits per heavy atom. The van der Waals surface area contributed by atoms with Gasteiger partial charge in [-0.1, -0.05) is 11.2 Å². The Hall–Kier alpha value is -2.89. The molecule has 6 heteroatoms. The molecule has 0 atom stereocenters. The van der Waals surface area contributed by atoms with Crippen LogP contribution in [0.4, 0.5) is 0 Å². The molecule has 1 aromatic carbocycles. The number of nitrogens with zero attached hydrogens (tertiary/aromatic N) is 3. The Balaban J connectivity index is 2.08. The third-order valence-electron chi connectivity index (χ3n) is 3.00. The zero-order chi connectivity index (χ0) is 15.0. The molecule has 3 aromatic rings. The third-order valence-corrected chi connectivity index (χ3v) is 3.00. The highest BCUT2D eigenvalue weighted by Crippen LogP contribution is 2.36. The summed E-state index contributed by atoms with van der Waals surface area (Å²) in [6.07, 6.45) is 0. The van der Waals surface area contributed by atoms with E-state index in [1.54, 1.807) is 0 Å². The molecule has 0 aliphatic carbocycles. The molecule has 2 aromatic heterocycles. The van der Waals surface area contributed by atoms with Crippen molar-refractivity contribution in [3.05, 3.63) is 41.7 Å². The van der Waals surface area contributed by atoms with Gasteiger partial charge in [0, 0.05) is 17.0 Å². The van der Waals surface area contributed by atoms with Crippen molar-refractivity contribution >= 4 is 0 Å². The summed E-state index contributed by atoms with van der Waals surface area (Å²) in [7, 11) is 0. The van der Waals surface area contributed by atoms with E-state index in [0.717, 1.165) is 17.0 Å². The highest BCUT2D eigenvalue weighted by atomic mass is 16.5. The van der Waals surface area contributed by atoms with E-state index in [2.05, 4.69) is 15.1 Å². The van der Waals surface area contributed by atoms with Crippen LogP contribution in [0.3, 0.4) is 0 Å². The van der Waals surface area contributed by atoms with Crippen molar-refractivity contribution in [1.82, 2.24) is 15.1 Å². The van der Waals surface area contributed by atoms with Crippen molar-refractivity contribution < 1.29 is 14.7 Å². The molecule has 0 bridgehead atoms. The first-order valence-electron chi connectivity index (χ1n) is 6.35. The van der Waals surface area contributed by atoms with Gasteiger partial charge in [-0.05, 0) is 38.1 Å². The van der Waals surface area contributed by atoms with Gasteiger partial charge in [0.15, 0.2) is 0 Å². The maximum atomic E-state index is 9.82. The van der Waals surface area contributed by atoms with Gasteiger partial charge in [-0.2, -0.15) is 4.98 Å². The van der Waals surface area contributed by atoms with E-state index in [4.69, 9.17) is 4.52 Å². The standard InChI is InChI=1S/C15H13N3O3/c1-8-6-10(7-9(2)16-8)14-17-15(21-18-14)13-11(19)4-3-5-12(13)20/h3-7,19-20H,1-2H3. The fraction of sp³-hybridized carbons (Fsp3) is 0.133. The Labute approximate surface area is 120 Å². The number of benzene rings is 1. The number of hydrogen-bond donors (Lipinski definition) is 2. The minimum atomic E-state index is -0.118. The number of phenols is 2. The van der Waals surface area contributed by atoms with Crippen LogP contribution in [0.5, 0.6) is 11.5 Å². The highest BCUT2D eigenvalue weighted by molar-refractivity contribution is 5.71. The van der Waals surface area contributed by atoms with E-state index < -0.39 is 0 Å². The van der Waals surface area contributed by atoms with Gasteiger partial charge in [0.25, 0.3) is 5.89 Å². The second-order valence-electron chi connectivity index (χ2n) is 4.73. The summed E-state index contributed by atoms with van der Waals surface area (Å²) in [6.45, 7) is 3.76. The first-order chi connectivity index (χ1) is 10.0. The Morgan fingerprint density at radius 2 is 1.57 bits per heavy atom. The summed E-state index contributed by atoms with van der Waals surface area (Å²) in [5, 5.41) is 23.5. The predicted octanol–water partition coefficient (Wildman–Crippen LogP) is 2.83. The van der Waals surface area contributed by atoms with E-state index in [1.165, 1.54) is 18.2 Å². The van der Waals surface area contributed by atoms with Crippen LogP contribution in [-0.2, 0) is 0 Å². The van der Waals surface area contributed by atoms with Gasteiger partial charge in [0.05, 0.1) is 0 Å². The van der Waals surface area contributed by atoms with Gasteiger partial charge in [0.1, 0.15) is 17.1 Å². The summed E-state index contributed by atoms with van der Waals surface area (Å²) in [5.74, 6) is 0.202. The van der Waals surface area contributed by atoms with Crippen molar-refractivity contribution in [3.8, 4) is 34.3 Å². The van der Waals surface area contributed by atoms with Crippen LogP contribution in [0.1, 0.15) is 11.4 Å². The lowest BCUT2D eigenvalue weighted by Gasteiger charge is -2.01. The van der Waals surface area contributed by atoms with Crippen LogP contribution in [-0.4, -0.2) is 25.3 Å². The minimum Gasteiger partial charge on any atom is -0.507 e. The molecule has 0 saturated heterocycles. The van der Waals surface area contributed by atoms with Gasteiger partial charge in [-0.25, -0.2) is 0 Å². The number of hydrogen-bond acceptors (Lipinski definition) is 6. The van der Waals surface area contributed by atoms with Crippen LogP contribution in [0.2, 0.25) is 0 Å². The summed E-state index contributed by atoms with van der Waals surface area (Å²) in [5.41, 5.74) is 2.59. The first kappa shape index (κ1) is 13.1. The molecule has 0 unspecified atom stereocenters. The van der Waals surface area contributed by atoms with Crippen LogP contribution >= 0.6 is 0 Å². The molecule has 0 spiro atoms. The average Bonchev–Trinajstić information content (AvgIpc) is 2.87.